The predicted octanol–water partition coefficient (Wildman–Crippen LogP) is 3.13. The fourth-order valence-electron chi connectivity index (χ4n) is 3.34. The molecular weight excluding hydrogens is 414 g/mol. The molecule has 0 bridgehead atoms. The second-order valence-electron chi connectivity index (χ2n) is 7.22. The summed E-state index contributed by atoms with van der Waals surface area (Å²) in [6, 6.07) is 19.8. The fraction of sp³-hybridized carbons (Fsp3) is 0.217. The van der Waals surface area contributed by atoms with E-state index in [9.17, 15) is 13.2 Å². The van der Waals surface area contributed by atoms with Crippen LogP contribution in [-0.2, 0) is 23.2 Å². The molecule has 0 saturated carbocycles. The number of benzene rings is 2. The Morgan fingerprint density at radius 2 is 1.81 bits per heavy atom. The molecule has 1 aliphatic heterocycles. The van der Waals surface area contributed by atoms with Crippen LogP contribution in [0.4, 0.5) is 5.69 Å². The molecule has 8 heteroatoms. The van der Waals surface area contributed by atoms with Crippen molar-refractivity contribution in [2.24, 2.45) is 0 Å². The first-order chi connectivity index (χ1) is 15.0. The molecule has 7 nitrogen and oxygen atoms in total. The molecule has 0 radical (unpaired) electrons. The van der Waals surface area contributed by atoms with Gasteiger partial charge in [0.1, 0.15) is 12.4 Å². The molecule has 1 aliphatic rings. The quantitative estimate of drug-likeness (QED) is 0.614. The predicted molar refractivity (Wildman–Crippen MR) is 118 cm³/mol. The minimum atomic E-state index is -3.22. The van der Waals surface area contributed by atoms with Crippen molar-refractivity contribution in [3.63, 3.8) is 0 Å². The highest BCUT2D eigenvalue weighted by molar-refractivity contribution is 7.93. The van der Waals surface area contributed by atoms with Gasteiger partial charge >= 0.3 is 0 Å². The summed E-state index contributed by atoms with van der Waals surface area (Å²) in [6.07, 6.45) is 2.35. The minimum Gasteiger partial charge on any atom is -0.487 e. The van der Waals surface area contributed by atoms with Crippen molar-refractivity contribution in [3.8, 4) is 5.75 Å². The Hall–Kier alpha value is -3.39. The SMILES string of the molecule is O=C(NCc1ccc(OCc2ccccn2)cc1)c1ccc(N2CCCS2(=O)=O)cc1. The summed E-state index contributed by atoms with van der Waals surface area (Å²) in [6.45, 7) is 1.25. The van der Waals surface area contributed by atoms with Gasteiger partial charge in [-0.05, 0) is 60.5 Å². The van der Waals surface area contributed by atoms with Gasteiger partial charge in [-0.2, -0.15) is 0 Å². The highest BCUT2D eigenvalue weighted by Gasteiger charge is 2.28. The van der Waals surface area contributed by atoms with Gasteiger partial charge in [0.05, 0.1) is 17.1 Å². The highest BCUT2D eigenvalue weighted by Crippen LogP contribution is 2.24. The zero-order chi connectivity index (χ0) is 21.7. The summed E-state index contributed by atoms with van der Waals surface area (Å²) >= 11 is 0. The van der Waals surface area contributed by atoms with Crippen molar-refractivity contribution in [1.29, 1.82) is 0 Å². The third kappa shape index (κ3) is 5.21. The van der Waals surface area contributed by atoms with Crippen molar-refractivity contribution >= 4 is 21.6 Å². The largest absolute Gasteiger partial charge is 0.487 e. The molecule has 1 saturated heterocycles. The van der Waals surface area contributed by atoms with E-state index in [1.807, 2.05) is 42.5 Å². The Morgan fingerprint density at radius 3 is 2.45 bits per heavy atom. The summed E-state index contributed by atoms with van der Waals surface area (Å²) in [5.74, 6) is 0.682. The second-order valence-corrected chi connectivity index (χ2v) is 9.24. The number of sulfonamides is 1. The number of carbonyl (C=O) groups excluding carboxylic acids is 1. The van der Waals surface area contributed by atoms with Crippen LogP contribution in [0.3, 0.4) is 0 Å². The number of amides is 1. The topological polar surface area (TPSA) is 88.6 Å². The van der Waals surface area contributed by atoms with Crippen molar-refractivity contribution in [1.82, 2.24) is 10.3 Å². The van der Waals surface area contributed by atoms with Crippen LogP contribution >= 0.6 is 0 Å². The van der Waals surface area contributed by atoms with Crippen LogP contribution in [-0.4, -0.2) is 31.6 Å². The molecule has 3 aromatic rings. The lowest BCUT2D eigenvalue weighted by Crippen LogP contribution is -2.25. The standard InChI is InChI=1S/C23H23N3O4S/c27-23(19-7-9-21(10-8-19)26-14-3-15-31(26,28)29)25-16-18-5-11-22(12-6-18)30-17-20-4-1-2-13-24-20/h1-2,4-13H,3,14-17H2,(H,25,27). The molecule has 1 N–H and O–H groups in total. The maximum Gasteiger partial charge on any atom is 0.251 e. The van der Waals surface area contributed by atoms with Crippen LogP contribution in [0.5, 0.6) is 5.75 Å². The van der Waals surface area contributed by atoms with Crippen molar-refractivity contribution < 1.29 is 17.9 Å². The lowest BCUT2D eigenvalue weighted by molar-refractivity contribution is 0.0951. The Morgan fingerprint density at radius 1 is 1.03 bits per heavy atom. The zero-order valence-corrected chi connectivity index (χ0v) is 17.7. The summed E-state index contributed by atoms with van der Waals surface area (Å²) in [5, 5.41) is 2.88. The summed E-state index contributed by atoms with van der Waals surface area (Å²) < 4.78 is 31.1. The van der Waals surface area contributed by atoms with E-state index in [2.05, 4.69) is 10.3 Å². The van der Waals surface area contributed by atoms with Gasteiger partial charge in [-0.3, -0.25) is 14.1 Å². The van der Waals surface area contributed by atoms with Crippen LogP contribution in [0.15, 0.2) is 72.9 Å². The van der Waals surface area contributed by atoms with Gasteiger partial charge in [-0.25, -0.2) is 8.42 Å². The average Bonchev–Trinajstić information content (AvgIpc) is 3.16. The number of aromatic nitrogens is 1. The van der Waals surface area contributed by atoms with E-state index in [0.29, 0.717) is 37.4 Å². The summed E-state index contributed by atoms with van der Waals surface area (Å²) in [5.41, 5.74) is 2.87. The van der Waals surface area contributed by atoms with Crippen molar-refractivity contribution in [3.05, 3.63) is 89.7 Å². The van der Waals surface area contributed by atoms with Gasteiger partial charge in [-0.1, -0.05) is 18.2 Å². The molecule has 0 unspecified atom stereocenters. The summed E-state index contributed by atoms with van der Waals surface area (Å²) in [7, 11) is -3.22. The Kier molecular flexibility index (Phi) is 6.18. The molecule has 1 fully saturated rings. The molecule has 2 heterocycles. The number of carbonyl (C=O) groups is 1. The van der Waals surface area contributed by atoms with E-state index in [0.717, 1.165) is 17.0 Å². The smallest absolute Gasteiger partial charge is 0.251 e. The maximum absolute atomic E-state index is 12.4. The van der Waals surface area contributed by atoms with Crippen LogP contribution in [0.25, 0.3) is 0 Å². The number of ether oxygens (including phenoxy) is 1. The number of anilines is 1. The van der Waals surface area contributed by atoms with Gasteiger partial charge in [0, 0.05) is 24.8 Å². The minimum absolute atomic E-state index is 0.169. The lowest BCUT2D eigenvalue weighted by atomic mass is 10.1. The Bertz CT molecular complexity index is 1130. The number of nitrogens with one attached hydrogen (secondary N) is 1. The van der Waals surface area contributed by atoms with Gasteiger partial charge in [0.25, 0.3) is 5.91 Å². The molecule has 0 spiro atoms. The molecule has 1 aromatic heterocycles. The number of nitrogens with zero attached hydrogens (tertiary/aromatic N) is 2. The average molecular weight is 438 g/mol. The molecule has 160 valence electrons. The van der Waals surface area contributed by atoms with Crippen LogP contribution < -0.4 is 14.4 Å². The molecule has 1 amide bonds. The van der Waals surface area contributed by atoms with E-state index in [4.69, 9.17) is 4.74 Å². The van der Waals surface area contributed by atoms with E-state index in [-0.39, 0.29) is 11.7 Å². The third-order valence-electron chi connectivity index (χ3n) is 5.01. The normalized spacial score (nSPS) is 14.9. The van der Waals surface area contributed by atoms with Gasteiger partial charge in [0.15, 0.2) is 0 Å². The number of rotatable bonds is 7. The van der Waals surface area contributed by atoms with Crippen LogP contribution in [0.1, 0.15) is 28.0 Å². The fourth-order valence-corrected chi connectivity index (χ4v) is 4.90. The van der Waals surface area contributed by atoms with Gasteiger partial charge < -0.3 is 10.1 Å². The first-order valence-electron chi connectivity index (χ1n) is 10.0. The third-order valence-corrected chi connectivity index (χ3v) is 6.88. The number of hydrogen-bond acceptors (Lipinski definition) is 5. The molecular formula is C23H23N3O4S. The van der Waals surface area contributed by atoms with Crippen molar-refractivity contribution in [2.45, 2.75) is 19.6 Å². The van der Waals surface area contributed by atoms with E-state index in [1.54, 1.807) is 30.5 Å². The molecule has 4 rings (SSSR count). The van der Waals surface area contributed by atoms with Gasteiger partial charge in [-0.15, -0.1) is 0 Å². The highest BCUT2D eigenvalue weighted by atomic mass is 32.2. The summed E-state index contributed by atoms with van der Waals surface area (Å²) in [4.78, 5) is 16.6. The van der Waals surface area contributed by atoms with E-state index in [1.165, 1.54) is 4.31 Å². The first-order valence-corrected chi connectivity index (χ1v) is 11.6. The van der Waals surface area contributed by atoms with Crippen molar-refractivity contribution in [2.75, 3.05) is 16.6 Å². The first kappa shape index (κ1) is 20.9. The molecule has 31 heavy (non-hydrogen) atoms. The molecule has 0 atom stereocenters. The number of pyridine rings is 1. The van der Waals surface area contributed by atoms with E-state index < -0.39 is 10.0 Å². The van der Waals surface area contributed by atoms with Gasteiger partial charge in [0.2, 0.25) is 10.0 Å². The van der Waals surface area contributed by atoms with E-state index >= 15 is 0 Å². The Balaban J connectivity index is 1.29. The monoisotopic (exact) mass is 437 g/mol. The Labute approximate surface area is 181 Å². The van der Waals surface area contributed by atoms with Crippen LogP contribution in [0.2, 0.25) is 0 Å². The number of hydrogen-bond donors (Lipinski definition) is 1. The zero-order valence-electron chi connectivity index (χ0n) is 16.9. The lowest BCUT2D eigenvalue weighted by Gasteiger charge is -2.17. The second kappa shape index (κ2) is 9.18. The van der Waals surface area contributed by atoms with Crippen LogP contribution in [0, 0.1) is 0 Å². The maximum atomic E-state index is 12.4. The molecule has 2 aromatic carbocycles. The molecule has 0 aliphatic carbocycles.